The first-order valence-electron chi connectivity index (χ1n) is 9.29. The fourth-order valence-corrected chi connectivity index (χ4v) is 3.56. The topological polar surface area (TPSA) is 140 Å². The average molecular weight is 442 g/mol. The second-order valence-corrected chi connectivity index (χ2v) is 7.41. The Morgan fingerprint density at radius 2 is 1.87 bits per heavy atom. The summed E-state index contributed by atoms with van der Waals surface area (Å²) in [6, 6.07) is 10.8. The van der Waals surface area contributed by atoms with E-state index in [4.69, 9.17) is 9.47 Å². The molecule has 3 N–H and O–H groups in total. The molecule has 0 unspecified atom stereocenters. The molecular weight excluding hydrogens is 424 g/mol. The first-order valence-corrected chi connectivity index (χ1v) is 10.3. The van der Waals surface area contributed by atoms with Gasteiger partial charge in [-0.05, 0) is 46.8 Å². The van der Waals surface area contributed by atoms with Crippen LogP contribution in [-0.4, -0.2) is 56.2 Å². The Balaban J connectivity index is 1.25. The van der Waals surface area contributed by atoms with Gasteiger partial charge in [-0.15, -0.1) is 5.10 Å². The van der Waals surface area contributed by atoms with Gasteiger partial charge in [0.05, 0.1) is 5.69 Å². The van der Waals surface area contributed by atoms with Gasteiger partial charge in [0.1, 0.15) is 19.0 Å². The van der Waals surface area contributed by atoms with Gasteiger partial charge < -0.3 is 19.9 Å². The molecule has 11 nitrogen and oxygen atoms in total. The van der Waals surface area contributed by atoms with Crippen molar-refractivity contribution in [3.63, 3.8) is 0 Å². The number of thioether (sulfide) groups is 1. The molecule has 1 aliphatic rings. The highest BCUT2D eigenvalue weighted by atomic mass is 32.2. The fraction of sp³-hybridized carbons (Fsp3) is 0.211. The van der Waals surface area contributed by atoms with Crippen LogP contribution < -0.4 is 20.1 Å². The molecule has 2 aromatic carbocycles. The molecule has 0 radical (unpaired) electrons. The molecular formula is C19H18N6O5S. The summed E-state index contributed by atoms with van der Waals surface area (Å²) in [5.74, 6) is 1.21. The maximum absolute atomic E-state index is 12.1. The highest BCUT2D eigenvalue weighted by molar-refractivity contribution is 7.99. The Bertz CT molecular complexity index is 1090. The van der Waals surface area contributed by atoms with Crippen molar-refractivity contribution in [2.75, 3.05) is 24.3 Å². The molecule has 31 heavy (non-hydrogen) atoms. The number of imide groups is 1. The van der Waals surface area contributed by atoms with Gasteiger partial charge in [0, 0.05) is 23.9 Å². The Morgan fingerprint density at radius 1 is 1.10 bits per heavy atom. The number of benzene rings is 2. The van der Waals surface area contributed by atoms with Crippen molar-refractivity contribution in [2.45, 2.75) is 11.6 Å². The van der Waals surface area contributed by atoms with Crippen LogP contribution in [0.15, 0.2) is 47.6 Å². The van der Waals surface area contributed by atoms with Crippen molar-refractivity contribution in [3.8, 4) is 22.9 Å². The smallest absolute Gasteiger partial charge is 0.325 e. The average Bonchev–Trinajstić information content (AvgIpc) is 3.22. The van der Waals surface area contributed by atoms with Crippen LogP contribution in [0.1, 0.15) is 6.42 Å². The lowest BCUT2D eigenvalue weighted by molar-refractivity contribution is -0.119. The molecule has 1 aromatic heterocycles. The standard InChI is InChI=1S/C19H18N6O5S/c26-14-4-2-13(3-5-14)25-19(22-23-24-25)31-10-7-17(27)21-18(28)20-12-1-6-15-16(11-12)30-9-8-29-15/h1-6,11,26H,7-10H2,(H2,20,21,27,28). The third-order valence-corrected chi connectivity index (χ3v) is 5.07. The molecule has 0 spiro atoms. The lowest BCUT2D eigenvalue weighted by Gasteiger charge is -2.19. The van der Waals surface area contributed by atoms with Crippen LogP contribution in [0.2, 0.25) is 0 Å². The van der Waals surface area contributed by atoms with Gasteiger partial charge >= 0.3 is 6.03 Å². The number of nitrogens with one attached hydrogen (secondary N) is 2. The predicted molar refractivity (Wildman–Crippen MR) is 111 cm³/mol. The lowest BCUT2D eigenvalue weighted by atomic mass is 10.2. The number of hydrogen-bond donors (Lipinski definition) is 3. The lowest BCUT2D eigenvalue weighted by Crippen LogP contribution is -2.34. The minimum absolute atomic E-state index is 0.0850. The van der Waals surface area contributed by atoms with E-state index in [1.54, 1.807) is 30.3 Å². The summed E-state index contributed by atoms with van der Waals surface area (Å²) < 4.78 is 12.4. The van der Waals surface area contributed by atoms with Gasteiger partial charge in [0.15, 0.2) is 11.5 Å². The van der Waals surface area contributed by atoms with Gasteiger partial charge in [0.2, 0.25) is 11.1 Å². The number of urea groups is 1. The van der Waals surface area contributed by atoms with E-state index in [1.165, 1.54) is 28.6 Å². The van der Waals surface area contributed by atoms with Crippen molar-refractivity contribution < 1.29 is 24.2 Å². The highest BCUT2D eigenvalue weighted by Gasteiger charge is 2.15. The predicted octanol–water partition coefficient (Wildman–Crippen LogP) is 1.97. The minimum Gasteiger partial charge on any atom is -0.508 e. The highest BCUT2D eigenvalue weighted by Crippen LogP contribution is 2.32. The van der Waals surface area contributed by atoms with Crippen molar-refractivity contribution in [3.05, 3.63) is 42.5 Å². The molecule has 3 aromatic rings. The maximum atomic E-state index is 12.1. The SMILES string of the molecule is O=C(CCSc1nnnn1-c1ccc(O)cc1)NC(=O)Nc1ccc2c(c1)OCCO2. The number of carbonyl (C=O) groups is 2. The van der Waals surface area contributed by atoms with Crippen molar-refractivity contribution >= 4 is 29.4 Å². The molecule has 0 aliphatic carbocycles. The summed E-state index contributed by atoms with van der Waals surface area (Å²) in [6.07, 6.45) is 0.0850. The van der Waals surface area contributed by atoms with Crippen molar-refractivity contribution in [1.82, 2.24) is 25.5 Å². The van der Waals surface area contributed by atoms with E-state index in [0.29, 0.717) is 47.0 Å². The summed E-state index contributed by atoms with van der Waals surface area (Å²) in [7, 11) is 0. The van der Waals surface area contributed by atoms with Crippen LogP contribution in [0.5, 0.6) is 17.2 Å². The molecule has 0 bridgehead atoms. The number of carbonyl (C=O) groups excluding carboxylic acids is 2. The van der Waals surface area contributed by atoms with E-state index in [1.807, 2.05) is 0 Å². The first-order chi connectivity index (χ1) is 15.1. The van der Waals surface area contributed by atoms with Crippen LogP contribution in [0.4, 0.5) is 10.5 Å². The molecule has 0 fully saturated rings. The summed E-state index contributed by atoms with van der Waals surface area (Å²) in [6.45, 7) is 0.920. The van der Waals surface area contributed by atoms with Gasteiger partial charge in [-0.1, -0.05) is 11.8 Å². The van der Waals surface area contributed by atoms with E-state index in [9.17, 15) is 14.7 Å². The number of anilines is 1. The number of aromatic nitrogens is 4. The summed E-state index contributed by atoms with van der Waals surface area (Å²) in [5.41, 5.74) is 1.16. The zero-order valence-corrected chi connectivity index (χ0v) is 17.0. The van der Waals surface area contributed by atoms with Gasteiger partial charge in [-0.2, -0.15) is 4.68 Å². The number of aromatic hydroxyl groups is 1. The van der Waals surface area contributed by atoms with E-state index in [-0.39, 0.29) is 12.2 Å². The largest absolute Gasteiger partial charge is 0.508 e. The Hall–Kier alpha value is -3.80. The number of tetrazole rings is 1. The monoisotopic (exact) mass is 442 g/mol. The second-order valence-electron chi connectivity index (χ2n) is 6.35. The zero-order valence-electron chi connectivity index (χ0n) is 16.1. The first kappa shape index (κ1) is 20.5. The number of nitrogens with zero attached hydrogens (tertiary/aromatic N) is 4. The molecule has 0 saturated carbocycles. The number of hydrogen-bond acceptors (Lipinski definition) is 9. The van der Waals surface area contributed by atoms with Crippen LogP contribution in [-0.2, 0) is 4.79 Å². The molecule has 160 valence electrons. The number of phenolic OH excluding ortho intramolecular Hbond substituents is 1. The zero-order chi connectivity index (χ0) is 21.6. The van der Waals surface area contributed by atoms with E-state index < -0.39 is 11.9 Å². The Kier molecular flexibility index (Phi) is 6.17. The number of phenols is 1. The third kappa shape index (κ3) is 5.22. The fourth-order valence-electron chi connectivity index (χ4n) is 2.73. The van der Waals surface area contributed by atoms with Crippen LogP contribution >= 0.6 is 11.8 Å². The molecule has 12 heteroatoms. The number of fused-ring (bicyclic) bond motifs is 1. The number of amides is 3. The van der Waals surface area contributed by atoms with Gasteiger partial charge in [0.25, 0.3) is 0 Å². The quantitative estimate of drug-likeness (QED) is 0.489. The summed E-state index contributed by atoms with van der Waals surface area (Å²) >= 11 is 1.27. The minimum atomic E-state index is -0.638. The molecule has 2 heterocycles. The van der Waals surface area contributed by atoms with E-state index >= 15 is 0 Å². The van der Waals surface area contributed by atoms with Crippen LogP contribution in [0.25, 0.3) is 5.69 Å². The number of rotatable bonds is 6. The molecule has 3 amide bonds. The Labute approximate surface area is 180 Å². The normalized spacial score (nSPS) is 12.3. The molecule has 1 aliphatic heterocycles. The molecule has 0 saturated heterocycles. The molecule has 0 atom stereocenters. The van der Waals surface area contributed by atoms with Crippen molar-refractivity contribution in [2.24, 2.45) is 0 Å². The van der Waals surface area contributed by atoms with E-state index in [0.717, 1.165) is 0 Å². The van der Waals surface area contributed by atoms with E-state index in [2.05, 4.69) is 26.2 Å². The maximum Gasteiger partial charge on any atom is 0.325 e. The van der Waals surface area contributed by atoms with Crippen LogP contribution in [0, 0.1) is 0 Å². The Morgan fingerprint density at radius 3 is 2.68 bits per heavy atom. The van der Waals surface area contributed by atoms with Crippen LogP contribution in [0.3, 0.4) is 0 Å². The summed E-state index contributed by atoms with van der Waals surface area (Å²) in [5, 5.41) is 26.2. The van der Waals surface area contributed by atoms with Gasteiger partial charge in [-0.3, -0.25) is 10.1 Å². The van der Waals surface area contributed by atoms with Gasteiger partial charge in [-0.25, -0.2) is 4.79 Å². The second kappa shape index (κ2) is 9.34. The van der Waals surface area contributed by atoms with Crippen molar-refractivity contribution in [1.29, 1.82) is 0 Å². The third-order valence-electron chi connectivity index (χ3n) is 4.15. The summed E-state index contributed by atoms with van der Waals surface area (Å²) in [4.78, 5) is 24.2. The molecule has 4 rings (SSSR count). The number of ether oxygens (including phenoxy) is 2.